The van der Waals surface area contributed by atoms with Gasteiger partial charge in [-0.25, -0.2) is 4.98 Å². The highest BCUT2D eigenvalue weighted by Gasteiger charge is 2.32. The van der Waals surface area contributed by atoms with Crippen molar-refractivity contribution in [3.63, 3.8) is 0 Å². The van der Waals surface area contributed by atoms with Crippen molar-refractivity contribution in [3.05, 3.63) is 60.2 Å². The van der Waals surface area contributed by atoms with Crippen LogP contribution >= 0.6 is 0 Å². The van der Waals surface area contributed by atoms with Gasteiger partial charge in [0.05, 0.1) is 23.3 Å². The topological polar surface area (TPSA) is 51.0 Å². The van der Waals surface area contributed by atoms with E-state index >= 15 is 0 Å². The second kappa shape index (κ2) is 6.67. The molecule has 1 aliphatic rings. The molecule has 1 fully saturated rings. The first kappa shape index (κ1) is 15.8. The standard InChI is InChI=1S/C20H22N4O/c1-15-22-18-7-2-3-8-19(18)23(15)13-11-20(25)24(17-9-10-17)14-16-6-4-5-12-21-16/h2-8,12,17H,9-11,13-14H2,1H3. The second-order valence-corrected chi connectivity index (χ2v) is 6.62. The Balaban J connectivity index is 1.47. The van der Waals surface area contributed by atoms with Gasteiger partial charge in [0.25, 0.3) is 0 Å². The molecular formula is C20H22N4O. The molecule has 0 saturated heterocycles. The van der Waals surface area contributed by atoms with Gasteiger partial charge in [-0.3, -0.25) is 9.78 Å². The smallest absolute Gasteiger partial charge is 0.224 e. The molecule has 0 spiro atoms. The molecule has 2 heterocycles. The highest BCUT2D eigenvalue weighted by molar-refractivity contribution is 5.78. The third-order valence-electron chi connectivity index (χ3n) is 4.76. The van der Waals surface area contributed by atoms with Crippen molar-refractivity contribution >= 4 is 16.9 Å². The Bertz CT molecular complexity index is 883. The quantitative estimate of drug-likeness (QED) is 0.695. The van der Waals surface area contributed by atoms with Crippen LogP contribution in [-0.2, 0) is 17.9 Å². The summed E-state index contributed by atoms with van der Waals surface area (Å²) in [4.78, 5) is 23.8. The molecule has 0 radical (unpaired) electrons. The molecule has 3 aromatic rings. The lowest BCUT2D eigenvalue weighted by molar-refractivity contribution is -0.132. The molecule has 25 heavy (non-hydrogen) atoms. The fourth-order valence-electron chi connectivity index (χ4n) is 3.30. The zero-order valence-corrected chi connectivity index (χ0v) is 14.4. The molecule has 1 aliphatic carbocycles. The second-order valence-electron chi connectivity index (χ2n) is 6.62. The monoisotopic (exact) mass is 334 g/mol. The zero-order chi connectivity index (χ0) is 17.2. The molecule has 0 aliphatic heterocycles. The van der Waals surface area contributed by atoms with Gasteiger partial charge in [0, 0.05) is 25.2 Å². The first-order chi connectivity index (χ1) is 12.2. The summed E-state index contributed by atoms with van der Waals surface area (Å²) in [6.45, 7) is 3.27. The lowest BCUT2D eigenvalue weighted by Gasteiger charge is -2.22. The molecule has 5 nitrogen and oxygen atoms in total. The van der Waals surface area contributed by atoms with E-state index in [0.29, 0.717) is 25.6 Å². The Kier molecular flexibility index (Phi) is 4.22. The number of para-hydroxylation sites is 2. The van der Waals surface area contributed by atoms with Crippen LogP contribution in [0.4, 0.5) is 0 Å². The van der Waals surface area contributed by atoms with Crippen molar-refractivity contribution in [2.45, 2.75) is 45.3 Å². The minimum atomic E-state index is 0.199. The van der Waals surface area contributed by atoms with E-state index in [1.165, 1.54) is 0 Å². The summed E-state index contributed by atoms with van der Waals surface area (Å²) < 4.78 is 2.14. The minimum Gasteiger partial charge on any atom is -0.334 e. The molecule has 1 aromatic carbocycles. The number of hydrogen-bond acceptors (Lipinski definition) is 3. The Morgan fingerprint density at radius 2 is 2.00 bits per heavy atom. The number of benzene rings is 1. The average molecular weight is 334 g/mol. The maximum Gasteiger partial charge on any atom is 0.224 e. The molecular weight excluding hydrogens is 312 g/mol. The van der Waals surface area contributed by atoms with E-state index in [1.54, 1.807) is 6.20 Å². The van der Waals surface area contributed by atoms with Gasteiger partial charge < -0.3 is 9.47 Å². The van der Waals surface area contributed by atoms with E-state index < -0.39 is 0 Å². The predicted molar refractivity (Wildman–Crippen MR) is 96.9 cm³/mol. The number of rotatable bonds is 6. The SMILES string of the molecule is Cc1nc2ccccc2n1CCC(=O)N(Cc1ccccn1)C1CC1. The number of fused-ring (bicyclic) bond motifs is 1. The van der Waals surface area contributed by atoms with Crippen molar-refractivity contribution in [1.29, 1.82) is 0 Å². The number of aromatic nitrogens is 3. The number of hydrogen-bond donors (Lipinski definition) is 0. The highest BCUT2D eigenvalue weighted by atomic mass is 16.2. The van der Waals surface area contributed by atoms with Gasteiger partial charge >= 0.3 is 0 Å². The van der Waals surface area contributed by atoms with Crippen LogP contribution in [0.2, 0.25) is 0 Å². The zero-order valence-electron chi connectivity index (χ0n) is 14.4. The van der Waals surface area contributed by atoms with Gasteiger partial charge in [0.15, 0.2) is 0 Å². The summed E-state index contributed by atoms with van der Waals surface area (Å²) in [6, 6.07) is 14.3. The number of imidazole rings is 1. The summed E-state index contributed by atoms with van der Waals surface area (Å²) in [7, 11) is 0. The molecule has 1 saturated carbocycles. The molecule has 0 unspecified atom stereocenters. The Labute approximate surface area is 147 Å². The van der Waals surface area contributed by atoms with Crippen LogP contribution in [0.25, 0.3) is 11.0 Å². The largest absolute Gasteiger partial charge is 0.334 e. The van der Waals surface area contributed by atoms with Crippen LogP contribution in [0, 0.1) is 6.92 Å². The van der Waals surface area contributed by atoms with Crippen molar-refractivity contribution in [1.82, 2.24) is 19.4 Å². The first-order valence-corrected chi connectivity index (χ1v) is 8.83. The third kappa shape index (κ3) is 3.40. The van der Waals surface area contributed by atoms with Crippen molar-refractivity contribution in [2.24, 2.45) is 0 Å². The van der Waals surface area contributed by atoms with Crippen molar-refractivity contribution in [2.75, 3.05) is 0 Å². The van der Waals surface area contributed by atoms with E-state index in [2.05, 4.69) is 20.6 Å². The fourth-order valence-corrected chi connectivity index (χ4v) is 3.30. The first-order valence-electron chi connectivity index (χ1n) is 8.83. The van der Waals surface area contributed by atoms with Crippen molar-refractivity contribution < 1.29 is 4.79 Å². The molecule has 0 bridgehead atoms. The Morgan fingerprint density at radius 3 is 2.76 bits per heavy atom. The lowest BCUT2D eigenvalue weighted by atomic mass is 10.2. The van der Waals surface area contributed by atoms with Crippen molar-refractivity contribution in [3.8, 4) is 0 Å². The van der Waals surface area contributed by atoms with Gasteiger partial charge in [0.2, 0.25) is 5.91 Å². The van der Waals surface area contributed by atoms with Crippen LogP contribution in [0.3, 0.4) is 0 Å². The molecule has 4 rings (SSSR count). The summed E-state index contributed by atoms with van der Waals surface area (Å²) in [6.07, 6.45) is 4.48. The Morgan fingerprint density at radius 1 is 1.20 bits per heavy atom. The molecule has 2 aromatic heterocycles. The molecule has 1 amide bonds. The average Bonchev–Trinajstić information content (AvgIpc) is 3.42. The van der Waals surface area contributed by atoms with E-state index in [9.17, 15) is 4.79 Å². The van der Waals surface area contributed by atoms with E-state index in [0.717, 1.165) is 35.4 Å². The van der Waals surface area contributed by atoms with Gasteiger partial charge in [-0.1, -0.05) is 18.2 Å². The van der Waals surface area contributed by atoms with Gasteiger partial charge in [-0.05, 0) is 44.0 Å². The van der Waals surface area contributed by atoms with Crippen LogP contribution in [0.15, 0.2) is 48.7 Å². The molecule has 5 heteroatoms. The number of aryl methyl sites for hydroxylation is 2. The van der Waals surface area contributed by atoms with Gasteiger partial charge in [-0.15, -0.1) is 0 Å². The summed E-state index contributed by atoms with van der Waals surface area (Å²) in [5.74, 6) is 1.15. The summed E-state index contributed by atoms with van der Waals surface area (Å²) >= 11 is 0. The highest BCUT2D eigenvalue weighted by Crippen LogP contribution is 2.29. The predicted octanol–water partition coefficient (Wildman–Crippen LogP) is 3.32. The summed E-state index contributed by atoms with van der Waals surface area (Å²) in [5, 5.41) is 0. The summed E-state index contributed by atoms with van der Waals surface area (Å²) in [5.41, 5.74) is 3.03. The van der Waals surface area contributed by atoms with Crippen LogP contribution < -0.4 is 0 Å². The number of amides is 1. The van der Waals surface area contributed by atoms with Crippen LogP contribution in [0.1, 0.15) is 30.8 Å². The number of pyridine rings is 1. The molecule has 0 N–H and O–H groups in total. The lowest BCUT2D eigenvalue weighted by Crippen LogP contribution is -2.33. The van der Waals surface area contributed by atoms with E-state index in [-0.39, 0.29) is 5.91 Å². The normalized spacial score (nSPS) is 14.0. The van der Waals surface area contributed by atoms with E-state index in [1.807, 2.05) is 48.2 Å². The molecule has 128 valence electrons. The maximum atomic E-state index is 12.8. The van der Waals surface area contributed by atoms with E-state index in [4.69, 9.17) is 0 Å². The van der Waals surface area contributed by atoms with Crippen LogP contribution in [0.5, 0.6) is 0 Å². The third-order valence-corrected chi connectivity index (χ3v) is 4.76. The number of carbonyl (C=O) groups excluding carboxylic acids is 1. The number of carbonyl (C=O) groups is 1. The Hall–Kier alpha value is -2.69. The number of nitrogens with zero attached hydrogens (tertiary/aromatic N) is 4. The molecule has 0 atom stereocenters. The fraction of sp³-hybridized carbons (Fsp3) is 0.350. The minimum absolute atomic E-state index is 0.199. The van der Waals surface area contributed by atoms with Gasteiger partial charge in [-0.2, -0.15) is 0 Å². The van der Waals surface area contributed by atoms with Crippen LogP contribution in [-0.4, -0.2) is 31.4 Å². The van der Waals surface area contributed by atoms with Gasteiger partial charge in [0.1, 0.15) is 5.82 Å². The maximum absolute atomic E-state index is 12.8.